The molecule has 3 aromatic carbocycles. The molecule has 0 heterocycles. The molecule has 38 heavy (non-hydrogen) atoms. The Morgan fingerprint density at radius 3 is 1.89 bits per heavy atom. The zero-order valence-corrected chi connectivity index (χ0v) is 22.2. The maximum absolute atomic E-state index is 13.4. The van der Waals surface area contributed by atoms with Gasteiger partial charge in [0.1, 0.15) is 5.75 Å². The van der Waals surface area contributed by atoms with Crippen molar-refractivity contribution in [1.82, 2.24) is 4.31 Å². The maximum Gasteiger partial charge on any atom is 0.337 e. The highest BCUT2D eigenvalue weighted by Crippen LogP contribution is 2.30. The summed E-state index contributed by atoms with van der Waals surface area (Å²) in [5.74, 6) is -1.41. The zero-order valence-electron chi connectivity index (χ0n) is 21.3. The first-order valence-electron chi connectivity index (χ1n) is 11.4. The second kappa shape index (κ2) is 12.3. The molecule has 0 fully saturated rings. The summed E-state index contributed by atoms with van der Waals surface area (Å²) in [4.78, 5) is 37.5. The van der Waals surface area contributed by atoms with E-state index in [4.69, 9.17) is 14.2 Å². The van der Waals surface area contributed by atoms with Crippen LogP contribution in [0.1, 0.15) is 38.7 Å². The van der Waals surface area contributed by atoms with E-state index < -0.39 is 33.9 Å². The van der Waals surface area contributed by atoms with Crippen molar-refractivity contribution in [3.63, 3.8) is 0 Å². The molecule has 1 amide bonds. The Morgan fingerprint density at radius 2 is 1.39 bits per heavy atom. The molecule has 0 saturated heterocycles. The van der Waals surface area contributed by atoms with Gasteiger partial charge in [0, 0.05) is 19.2 Å². The van der Waals surface area contributed by atoms with Crippen molar-refractivity contribution < 1.29 is 37.0 Å². The molecule has 0 spiro atoms. The van der Waals surface area contributed by atoms with Gasteiger partial charge in [0.25, 0.3) is 0 Å². The number of nitrogens with one attached hydrogen (secondary N) is 1. The van der Waals surface area contributed by atoms with E-state index in [-0.39, 0.29) is 28.1 Å². The minimum atomic E-state index is -3.96. The number of anilines is 1. The summed E-state index contributed by atoms with van der Waals surface area (Å²) < 4.78 is 42.6. The van der Waals surface area contributed by atoms with Crippen molar-refractivity contribution >= 4 is 33.6 Å². The number of rotatable bonds is 10. The molecule has 11 heteroatoms. The first-order chi connectivity index (χ1) is 18.1. The van der Waals surface area contributed by atoms with Crippen molar-refractivity contribution in [2.45, 2.75) is 17.4 Å². The molecule has 0 unspecified atom stereocenters. The summed E-state index contributed by atoms with van der Waals surface area (Å²) in [5, 5.41) is 2.65. The van der Waals surface area contributed by atoms with Gasteiger partial charge in [-0.1, -0.05) is 30.3 Å². The van der Waals surface area contributed by atoms with E-state index in [2.05, 4.69) is 5.32 Å². The van der Waals surface area contributed by atoms with Crippen LogP contribution in [0.5, 0.6) is 5.75 Å². The number of hydrogen-bond donors (Lipinski definition) is 1. The SMILES string of the molecule is COC(=O)c1cc(NC(=O)C[C@H](c2ccc(OC)cc2)N(C)S(=O)(=O)c2ccccc2)cc(C(=O)OC)c1. The number of benzene rings is 3. The van der Waals surface area contributed by atoms with Crippen LogP contribution >= 0.6 is 0 Å². The van der Waals surface area contributed by atoms with Crippen molar-refractivity contribution in [2.75, 3.05) is 33.7 Å². The van der Waals surface area contributed by atoms with E-state index in [9.17, 15) is 22.8 Å². The average molecular weight is 541 g/mol. The average Bonchev–Trinajstić information content (AvgIpc) is 2.94. The van der Waals surface area contributed by atoms with Crippen LogP contribution < -0.4 is 10.1 Å². The number of hydrogen-bond acceptors (Lipinski definition) is 8. The number of amides is 1. The van der Waals surface area contributed by atoms with Crippen LogP contribution in [0.3, 0.4) is 0 Å². The number of methoxy groups -OCH3 is 3. The van der Waals surface area contributed by atoms with Gasteiger partial charge in [0.15, 0.2) is 0 Å². The summed E-state index contributed by atoms with van der Waals surface area (Å²) in [6.45, 7) is 0. The summed E-state index contributed by atoms with van der Waals surface area (Å²) >= 11 is 0. The number of ether oxygens (including phenoxy) is 3. The van der Waals surface area contributed by atoms with Crippen LogP contribution in [-0.4, -0.2) is 58.9 Å². The minimum absolute atomic E-state index is 0.0289. The van der Waals surface area contributed by atoms with Crippen LogP contribution in [0.15, 0.2) is 77.7 Å². The topological polar surface area (TPSA) is 128 Å². The molecular formula is C27H28N2O8S. The fourth-order valence-corrected chi connectivity index (χ4v) is 5.13. The predicted octanol–water partition coefficient (Wildman–Crippen LogP) is 3.66. The second-order valence-corrected chi connectivity index (χ2v) is 10.2. The van der Waals surface area contributed by atoms with E-state index in [0.717, 1.165) is 4.31 Å². The second-order valence-electron chi connectivity index (χ2n) is 8.16. The van der Waals surface area contributed by atoms with E-state index >= 15 is 0 Å². The number of carbonyl (C=O) groups excluding carboxylic acids is 3. The normalized spacial score (nSPS) is 11.9. The molecule has 0 aliphatic carbocycles. The third-order valence-electron chi connectivity index (χ3n) is 5.80. The van der Waals surface area contributed by atoms with Gasteiger partial charge in [-0.25, -0.2) is 18.0 Å². The van der Waals surface area contributed by atoms with Crippen molar-refractivity contribution in [1.29, 1.82) is 0 Å². The fraction of sp³-hybridized carbons (Fsp3) is 0.222. The van der Waals surface area contributed by atoms with Crippen LogP contribution in [0, 0.1) is 0 Å². The van der Waals surface area contributed by atoms with E-state index in [0.29, 0.717) is 11.3 Å². The van der Waals surface area contributed by atoms with Gasteiger partial charge >= 0.3 is 11.9 Å². The largest absolute Gasteiger partial charge is 0.497 e. The lowest BCUT2D eigenvalue weighted by atomic mass is 10.0. The minimum Gasteiger partial charge on any atom is -0.497 e. The molecule has 10 nitrogen and oxygen atoms in total. The molecule has 0 saturated carbocycles. The molecule has 1 N–H and O–H groups in total. The highest BCUT2D eigenvalue weighted by atomic mass is 32.2. The molecule has 0 aliphatic rings. The summed E-state index contributed by atoms with van der Waals surface area (Å²) in [6, 6.07) is 17.7. The zero-order chi connectivity index (χ0) is 27.9. The highest BCUT2D eigenvalue weighted by molar-refractivity contribution is 7.89. The standard InChI is InChI=1S/C27H28N2O8S/c1-29(38(33,34)23-8-6-5-7-9-23)24(18-10-12-22(35-2)13-11-18)17-25(30)28-21-15-19(26(31)36-3)14-20(16-21)27(32)37-4/h5-16,24H,17H2,1-4H3,(H,28,30)/t24-/m1/s1. The van der Waals surface area contributed by atoms with Crippen LogP contribution in [-0.2, 0) is 24.3 Å². The number of nitrogens with zero attached hydrogens (tertiary/aromatic N) is 1. The summed E-state index contributed by atoms with van der Waals surface area (Å²) in [5.41, 5.74) is 0.754. The lowest BCUT2D eigenvalue weighted by Gasteiger charge is -2.28. The van der Waals surface area contributed by atoms with Gasteiger partial charge in [0.2, 0.25) is 15.9 Å². The maximum atomic E-state index is 13.4. The van der Waals surface area contributed by atoms with Crippen molar-refractivity contribution in [2.24, 2.45) is 0 Å². The fourth-order valence-electron chi connectivity index (χ4n) is 3.77. The van der Waals surface area contributed by atoms with Crippen LogP contribution in [0.2, 0.25) is 0 Å². The van der Waals surface area contributed by atoms with E-state index in [1.807, 2.05) is 0 Å². The van der Waals surface area contributed by atoms with Gasteiger partial charge in [-0.15, -0.1) is 0 Å². The Morgan fingerprint density at radius 1 is 0.842 bits per heavy atom. The monoisotopic (exact) mass is 540 g/mol. The predicted molar refractivity (Wildman–Crippen MR) is 139 cm³/mol. The Hall–Kier alpha value is -4.22. The highest BCUT2D eigenvalue weighted by Gasteiger charge is 2.31. The Labute approximate surface area is 221 Å². The number of carbonyl (C=O) groups is 3. The van der Waals surface area contributed by atoms with Crippen molar-refractivity contribution in [3.05, 3.63) is 89.5 Å². The lowest BCUT2D eigenvalue weighted by molar-refractivity contribution is -0.117. The molecule has 3 rings (SSSR count). The third kappa shape index (κ3) is 6.55. The molecule has 1 atom stereocenters. The Balaban J connectivity index is 1.96. The number of sulfonamides is 1. The van der Waals surface area contributed by atoms with Crippen LogP contribution in [0.4, 0.5) is 5.69 Å². The van der Waals surface area contributed by atoms with Crippen molar-refractivity contribution in [3.8, 4) is 5.75 Å². The molecule has 0 aliphatic heterocycles. The Bertz CT molecular complexity index is 1370. The quantitative estimate of drug-likeness (QED) is 0.386. The van der Waals surface area contributed by atoms with Gasteiger partial charge in [-0.3, -0.25) is 4.79 Å². The van der Waals surface area contributed by atoms with Gasteiger partial charge in [0.05, 0.1) is 43.4 Å². The molecule has 0 radical (unpaired) electrons. The summed E-state index contributed by atoms with van der Waals surface area (Å²) in [7, 11) is 1.32. The summed E-state index contributed by atoms with van der Waals surface area (Å²) in [6.07, 6.45) is -0.273. The first kappa shape index (κ1) is 28.4. The van der Waals surface area contributed by atoms with Gasteiger partial charge in [-0.2, -0.15) is 4.31 Å². The molecule has 3 aromatic rings. The number of esters is 2. The molecule has 200 valence electrons. The smallest absolute Gasteiger partial charge is 0.337 e. The lowest BCUT2D eigenvalue weighted by Crippen LogP contribution is -2.33. The van der Waals surface area contributed by atoms with Gasteiger partial charge < -0.3 is 19.5 Å². The Kier molecular flexibility index (Phi) is 9.21. The molecule has 0 aromatic heterocycles. The first-order valence-corrected chi connectivity index (χ1v) is 12.8. The third-order valence-corrected chi connectivity index (χ3v) is 7.68. The van der Waals surface area contributed by atoms with Crippen LogP contribution in [0.25, 0.3) is 0 Å². The van der Waals surface area contributed by atoms with Gasteiger partial charge in [-0.05, 0) is 48.0 Å². The molecular weight excluding hydrogens is 512 g/mol. The van der Waals surface area contributed by atoms with E-state index in [1.165, 1.54) is 58.7 Å². The molecule has 0 bridgehead atoms. The van der Waals surface area contributed by atoms with E-state index in [1.54, 1.807) is 42.5 Å².